The quantitative estimate of drug-likeness (QED) is 0.521. The van der Waals surface area contributed by atoms with Crippen molar-refractivity contribution in [3.05, 3.63) is 108 Å². The lowest BCUT2D eigenvalue weighted by molar-refractivity contribution is -0.141. The molecule has 0 bridgehead atoms. The second-order valence-corrected chi connectivity index (χ2v) is 7.67. The van der Waals surface area contributed by atoms with Crippen molar-refractivity contribution in [1.82, 2.24) is 10.2 Å². The highest BCUT2D eigenvalue weighted by molar-refractivity contribution is 5.88. The molecule has 0 unspecified atom stereocenters. The first kappa shape index (κ1) is 22.3. The Labute approximate surface area is 184 Å². The Hall–Kier alpha value is -3.40. The van der Waals surface area contributed by atoms with Gasteiger partial charge in [0, 0.05) is 25.9 Å². The maximum Gasteiger partial charge on any atom is 0.243 e. The van der Waals surface area contributed by atoms with Crippen molar-refractivity contribution in [3.8, 4) is 0 Å². The van der Waals surface area contributed by atoms with Crippen LogP contribution >= 0.6 is 0 Å². The van der Waals surface area contributed by atoms with Crippen molar-refractivity contribution in [2.24, 2.45) is 0 Å². The number of hydrogen-bond donors (Lipinski definition) is 1. The smallest absolute Gasteiger partial charge is 0.243 e. The first-order valence-electron chi connectivity index (χ1n) is 10.9. The van der Waals surface area contributed by atoms with Crippen molar-refractivity contribution in [2.75, 3.05) is 0 Å². The maximum absolute atomic E-state index is 13.4. The van der Waals surface area contributed by atoms with Crippen LogP contribution in [-0.2, 0) is 29.1 Å². The van der Waals surface area contributed by atoms with Crippen LogP contribution in [0.25, 0.3) is 0 Å². The zero-order valence-electron chi connectivity index (χ0n) is 18.0. The van der Waals surface area contributed by atoms with Crippen LogP contribution in [0.1, 0.15) is 36.5 Å². The molecule has 31 heavy (non-hydrogen) atoms. The highest BCUT2D eigenvalue weighted by atomic mass is 16.2. The summed E-state index contributed by atoms with van der Waals surface area (Å²) >= 11 is 0. The molecule has 0 aliphatic rings. The lowest BCUT2D eigenvalue weighted by Crippen LogP contribution is -2.50. The molecule has 3 rings (SSSR count). The van der Waals surface area contributed by atoms with E-state index in [9.17, 15) is 9.59 Å². The molecule has 3 aromatic rings. The van der Waals surface area contributed by atoms with Gasteiger partial charge in [0.05, 0.1) is 0 Å². The molecule has 1 N–H and O–H groups in total. The van der Waals surface area contributed by atoms with E-state index in [4.69, 9.17) is 0 Å². The summed E-state index contributed by atoms with van der Waals surface area (Å²) in [6.45, 7) is 2.84. The third kappa shape index (κ3) is 6.82. The number of benzene rings is 3. The number of hydrogen-bond acceptors (Lipinski definition) is 2. The van der Waals surface area contributed by atoms with Crippen LogP contribution in [0, 0.1) is 0 Å². The zero-order valence-corrected chi connectivity index (χ0v) is 18.0. The average molecular weight is 415 g/mol. The monoisotopic (exact) mass is 414 g/mol. The maximum atomic E-state index is 13.4. The first-order valence-corrected chi connectivity index (χ1v) is 10.9. The Morgan fingerprint density at radius 1 is 0.774 bits per heavy atom. The molecule has 0 saturated heterocycles. The SMILES string of the molecule is CCCC(=O)N(Cc1ccccc1)[C@H](Cc1ccccc1)C(=O)NCc1ccccc1. The van der Waals surface area contributed by atoms with Crippen LogP contribution < -0.4 is 5.32 Å². The molecule has 0 fully saturated rings. The van der Waals surface area contributed by atoms with Gasteiger partial charge < -0.3 is 10.2 Å². The van der Waals surface area contributed by atoms with E-state index in [2.05, 4.69) is 5.32 Å². The van der Waals surface area contributed by atoms with E-state index in [-0.39, 0.29) is 11.8 Å². The van der Waals surface area contributed by atoms with Gasteiger partial charge in [-0.15, -0.1) is 0 Å². The third-order valence-electron chi connectivity index (χ3n) is 5.24. The van der Waals surface area contributed by atoms with Gasteiger partial charge in [-0.3, -0.25) is 9.59 Å². The summed E-state index contributed by atoms with van der Waals surface area (Å²) < 4.78 is 0. The third-order valence-corrected chi connectivity index (χ3v) is 5.24. The van der Waals surface area contributed by atoms with E-state index in [1.54, 1.807) is 4.90 Å². The first-order chi connectivity index (χ1) is 15.2. The lowest BCUT2D eigenvalue weighted by Gasteiger charge is -2.31. The summed E-state index contributed by atoms with van der Waals surface area (Å²) in [4.78, 5) is 28.2. The zero-order chi connectivity index (χ0) is 21.9. The fraction of sp³-hybridized carbons (Fsp3) is 0.259. The molecule has 1 atom stereocenters. The van der Waals surface area contributed by atoms with E-state index in [0.717, 1.165) is 23.1 Å². The van der Waals surface area contributed by atoms with Gasteiger partial charge in [-0.05, 0) is 23.1 Å². The predicted molar refractivity (Wildman–Crippen MR) is 124 cm³/mol. The van der Waals surface area contributed by atoms with Gasteiger partial charge in [0.25, 0.3) is 0 Å². The van der Waals surface area contributed by atoms with Crippen molar-refractivity contribution < 1.29 is 9.59 Å². The molecule has 0 spiro atoms. The van der Waals surface area contributed by atoms with Crippen molar-refractivity contribution in [2.45, 2.75) is 45.3 Å². The second-order valence-electron chi connectivity index (χ2n) is 7.67. The van der Waals surface area contributed by atoms with Crippen LogP contribution in [0.15, 0.2) is 91.0 Å². The van der Waals surface area contributed by atoms with Crippen LogP contribution in [0.4, 0.5) is 0 Å². The van der Waals surface area contributed by atoms with E-state index in [1.807, 2.05) is 97.9 Å². The minimum Gasteiger partial charge on any atom is -0.350 e. The highest BCUT2D eigenvalue weighted by Gasteiger charge is 2.29. The molecule has 0 saturated carbocycles. The number of carbonyl (C=O) groups excluding carboxylic acids is 2. The average Bonchev–Trinajstić information content (AvgIpc) is 2.82. The lowest BCUT2D eigenvalue weighted by atomic mass is 10.0. The Kier molecular flexibility index (Phi) is 8.41. The molecular formula is C27H30N2O2. The molecule has 4 heteroatoms. The van der Waals surface area contributed by atoms with Crippen molar-refractivity contribution in [1.29, 1.82) is 0 Å². The van der Waals surface area contributed by atoms with Gasteiger partial charge in [-0.2, -0.15) is 0 Å². The molecule has 0 aliphatic heterocycles. The minimum absolute atomic E-state index is 0.00199. The Balaban J connectivity index is 1.86. The van der Waals surface area contributed by atoms with Crippen LogP contribution in [-0.4, -0.2) is 22.8 Å². The number of amides is 2. The standard InChI is InChI=1S/C27H30N2O2/c1-2-12-26(30)29(21-24-17-10-5-11-18-24)25(19-22-13-6-3-7-14-22)27(31)28-20-23-15-8-4-9-16-23/h3-11,13-18,25H,2,12,19-21H2,1H3,(H,28,31)/t25-/m1/s1. The molecular weight excluding hydrogens is 384 g/mol. The molecule has 4 nitrogen and oxygen atoms in total. The van der Waals surface area contributed by atoms with Gasteiger partial charge in [-0.1, -0.05) is 97.9 Å². The summed E-state index contributed by atoms with van der Waals surface area (Å²) in [7, 11) is 0. The normalized spacial score (nSPS) is 11.5. The molecule has 3 aromatic carbocycles. The summed E-state index contributed by atoms with van der Waals surface area (Å²) in [5.74, 6) is -0.129. The minimum atomic E-state index is -0.578. The topological polar surface area (TPSA) is 49.4 Å². The summed E-state index contributed by atoms with van der Waals surface area (Å²) in [6, 6.07) is 29.0. The summed E-state index contributed by atoms with van der Waals surface area (Å²) in [5.41, 5.74) is 3.08. The Bertz CT molecular complexity index is 943. The van der Waals surface area contributed by atoms with Gasteiger partial charge in [0.2, 0.25) is 11.8 Å². The van der Waals surface area contributed by atoms with Crippen LogP contribution in [0.3, 0.4) is 0 Å². The van der Waals surface area contributed by atoms with Crippen molar-refractivity contribution >= 4 is 11.8 Å². The van der Waals surface area contributed by atoms with Gasteiger partial charge >= 0.3 is 0 Å². The summed E-state index contributed by atoms with van der Waals surface area (Å²) in [5, 5.41) is 3.05. The number of nitrogens with one attached hydrogen (secondary N) is 1. The molecule has 0 aromatic heterocycles. The largest absolute Gasteiger partial charge is 0.350 e. The van der Waals surface area contributed by atoms with Crippen LogP contribution in [0.5, 0.6) is 0 Å². The van der Waals surface area contributed by atoms with Gasteiger partial charge in [-0.25, -0.2) is 0 Å². The number of rotatable bonds is 10. The fourth-order valence-electron chi connectivity index (χ4n) is 3.59. The van der Waals surface area contributed by atoms with E-state index in [0.29, 0.717) is 25.9 Å². The fourth-order valence-corrected chi connectivity index (χ4v) is 3.59. The van der Waals surface area contributed by atoms with E-state index >= 15 is 0 Å². The van der Waals surface area contributed by atoms with E-state index < -0.39 is 6.04 Å². The molecule has 0 heterocycles. The molecule has 0 radical (unpaired) electrons. The highest BCUT2D eigenvalue weighted by Crippen LogP contribution is 2.16. The molecule has 0 aliphatic carbocycles. The predicted octanol–water partition coefficient (Wildman–Crippen LogP) is 4.74. The number of carbonyl (C=O) groups is 2. The summed E-state index contributed by atoms with van der Waals surface area (Å²) in [6.07, 6.45) is 1.64. The molecule has 2 amide bonds. The molecule has 160 valence electrons. The Morgan fingerprint density at radius 3 is 1.84 bits per heavy atom. The van der Waals surface area contributed by atoms with Crippen LogP contribution in [0.2, 0.25) is 0 Å². The van der Waals surface area contributed by atoms with Gasteiger partial charge in [0.1, 0.15) is 6.04 Å². The van der Waals surface area contributed by atoms with E-state index in [1.165, 1.54) is 0 Å². The Morgan fingerprint density at radius 2 is 1.29 bits per heavy atom. The van der Waals surface area contributed by atoms with Crippen molar-refractivity contribution in [3.63, 3.8) is 0 Å². The number of nitrogens with zero attached hydrogens (tertiary/aromatic N) is 1. The second kappa shape index (κ2) is 11.7. The van der Waals surface area contributed by atoms with Gasteiger partial charge in [0.15, 0.2) is 0 Å².